The quantitative estimate of drug-likeness (QED) is 0.777. The van der Waals surface area contributed by atoms with Crippen LogP contribution in [0, 0.1) is 13.8 Å². The predicted octanol–water partition coefficient (Wildman–Crippen LogP) is 3.33. The number of halogens is 1. The summed E-state index contributed by atoms with van der Waals surface area (Å²) in [6, 6.07) is 10.0. The fourth-order valence-corrected chi connectivity index (χ4v) is 4.44. The van der Waals surface area contributed by atoms with Crippen molar-refractivity contribution in [3.05, 3.63) is 52.0 Å². The Kier molecular flexibility index (Phi) is 6.47. The third-order valence-electron chi connectivity index (χ3n) is 5.38. The monoisotopic (exact) mass is 403 g/mol. The molecule has 2 aromatic rings. The second kappa shape index (κ2) is 8.84. The van der Waals surface area contributed by atoms with E-state index < -0.39 is 0 Å². The highest BCUT2D eigenvalue weighted by Gasteiger charge is 2.34. The molecular formula is C22H28ClN2O3+. The zero-order chi connectivity index (χ0) is 20.3. The Labute approximate surface area is 171 Å². The third-order valence-corrected chi connectivity index (χ3v) is 5.68. The second-order valence-corrected chi connectivity index (χ2v) is 7.78. The number of methoxy groups -OCH3 is 2. The van der Waals surface area contributed by atoms with E-state index >= 15 is 0 Å². The number of hydrogen-bond acceptors (Lipinski definition) is 3. The lowest BCUT2D eigenvalue weighted by atomic mass is 10.0. The first kappa shape index (κ1) is 20.5. The number of rotatable bonds is 6. The summed E-state index contributed by atoms with van der Waals surface area (Å²) in [4.78, 5) is 14.0. The lowest BCUT2D eigenvalue weighted by Crippen LogP contribution is -3.11. The molecule has 2 aromatic carbocycles. The summed E-state index contributed by atoms with van der Waals surface area (Å²) in [6.45, 7) is 5.30. The molecule has 0 bridgehead atoms. The van der Waals surface area contributed by atoms with E-state index in [9.17, 15) is 4.79 Å². The molecule has 1 unspecified atom stereocenters. The van der Waals surface area contributed by atoms with Gasteiger partial charge in [-0.25, -0.2) is 0 Å². The molecule has 0 spiro atoms. The molecule has 2 atom stereocenters. The molecule has 0 aromatic heterocycles. The smallest absolute Gasteiger partial charge is 0.279 e. The molecule has 1 saturated heterocycles. The van der Waals surface area contributed by atoms with E-state index in [1.807, 2.05) is 44.2 Å². The van der Waals surface area contributed by atoms with E-state index in [0.717, 1.165) is 47.6 Å². The van der Waals surface area contributed by atoms with Gasteiger partial charge in [0.2, 0.25) is 0 Å². The largest absolute Gasteiger partial charge is 0.497 e. The number of nitrogens with one attached hydrogen (secondary N) is 2. The Morgan fingerprint density at radius 1 is 1.21 bits per heavy atom. The molecule has 3 rings (SSSR count). The van der Waals surface area contributed by atoms with Crippen LogP contribution >= 0.6 is 11.6 Å². The van der Waals surface area contributed by atoms with Gasteiger partial charge in [0.05, 0.1) is 37.0 Å². The number of ether oxygens (including phenoxy) is 2. The van der Waals surface area contributed by atoms with Crippen molar-refractivity contribution in [2.24, 2.45) is 0 Å². The first-order chi connectivity index (χ1) is 13.4. The summed E-state index contributed by atoms with van der Waals surface area (Å²) in [5, 5.41) is 3.59. The van der Waals surface area contributed by atoms with Gasteiger partial charge in [0.15, 0.2) is 6.54 Å². The third kappa shape index (κ3) is 4.42. The van der Waals surface area contributed by atoms with Crippen molar-refractivity contribution in [2.75, 3.05) is 32.6 Å². The van der Waals surface area contributed by atoms with Crippen molar-refractivity contribution in [3.63, 3.8) is 0 Å². The van der Waals surface area contributed by atoms with Crippen LogP contribution in [0.25, 0.3) is 0 Å². The Morgan fingerprint density at radius 2 is 2.00 bits per heavy atom. The van der Waals surface area contributed by atoms with Crippen molar-refractivity contribution in [2.45, 2.75) is 32.7 Å². The van der Waals surface area contributed by atoms with Gasteiger partial charge < -0.3 is 19.7 Å². The van der Waals surface area contributed by atoms with Crippen LogP contribution in [0.2, 0.25) is 5.02 Å². The van der Waals surface area contributed by atoms with Crippen molar-refractivity contribution >= 4 is 23.2 Å². The molecule has 1 heterocycles. The van der Waals surface area contributed by atoms with Crippen LogP contribution in [-0.4, -0.2) is 33.2 Å². The van der Waals surface area contributed by atoms with Gasteiger partial charge in [-0.2, -0.15) is 0 Å². The number of anilines is 1. The summed E-state index contributed by atoms with van der Waals surface area (Å²) in [6.07, 6.45) is 2.10. The summed E-state index contributed by atoms with van der Waals surface area (Å²) in [5.74, 6) is 1.55. The van der Waals surface area contributed by atoms with Gasteiger partial charge in [-0.1, -0.05) is 17.7 Å². The average Bonchev–Trinajstić information content (AvgIpc) is 3.11. The molecule has 0 radical (unpaired) electrons. The van der Waals surface area contributed by atoms with E-state index in [0.29, 0.717) is 17.3 Å². The Bertz CT molecular complexity index is 846. The van der Waals surface area contributed by atoms with Crippen LogP contribution < -0.4 is 19.7 Å². The topological polar surface area (TPSA) is 52.0 Å². The maximum absolute atomic E-state index is 12.7. The molecule has 150 valence electrons. The summed E-state index contributed by atoms with van der Waals surface area (Å²) < 4.78 is 10.9. The molecular weight excluding hydrogens is 376 g/mol. The minimum Gasteiger partial charge on any atom is -0.497 e. The number of quaternary nitrogens is 1. The highest BCUT2D eigenvalue weighted by atomic mass is 35.5. The van der Waals surface area contributed by atoms with Crippen LogP contribution in [0.15, 0.2) is 30.3 Å². The molecule has 0 saturated carbocycles. The van der Waals surface area contributed by atoms with Crippen LogP contribution in [0.4, 0.5) is 5.69 Å². The highest BCUT2D eigenvalue weighted by molar-refractivity contribution is 6.34. The maximum atomic E-state index is 12.7. The minimum atomic E-state index is -0.0248. The van der Waals surface area contributed by atoms with Gasteiger partial charge in [-0.05, 0) is 43.2 Å². The number of hydrogen-bond donors (Lipinski definition) is 2. The zero-order valence-corrected chi connectivity index (χ0v) is 17.7. The minimum absolute atomic E-state index is 0.0248. The fourth-order valence-electron chi connectivity index (χ4n) is 4.07. The molecule has 6 heteroatoms. The number of aryl methyl sites for hydroxylation is 2. The van der Waals surface area contributed by atoms with Gasteiger partial charge in [0, 0.05) is 18.9 Å². The Morgan fingerprint density at radius 3 is 2.68 bits per heavy atom. The summed E-state index contributed by atoms with van der Waals surface area (Å²) in [5.41, 5.74) is 3.88. The van der Waals surface area contributed by atoms with E-state index in [1.54, 1.807) is 14.2 Å². The lowest BCUT2D eigenvalue weighted by molar-refractivity contribution is -0.910. The van der Waals surface area contributed by atoms with Crippen molar-refractivity contribution < 1.29 is 19.2 Å². The van der Waals surface area contributed by atoms with Crippen LogP contribution in [0.5, 0.6) is 11.5 Å². The Hall–Kier alpha value is -2.24. The lowest BCUT2D eigenvalue weighted by Gasteiger charge is -2.23. The standard InChI is InChI=1S/C22H27ClN2O3/c1-14-10-15(2)22(18(23)11-14)24-21(26)13-25-9-5-6-19(25)17-8-7-16(27-3)12-20(17)28-4/h7-8,10-12,19H,5-6,9,13H2,1-4H3,(H,24,26)/p+1/t19-/m1/s1. The maximum Gasteiger partial charge on any atom is 0.279 e. The molecule has 1 aliphatic heterocycles. The van der Waals surface area contributed by atoms with Gasteiger partial charge in [-0.3, -0.25) is 4.79 Å². The zero-order valence-electron chi connectivity index (χ0n) is 16.9. The first-order valence-electron chi connectivity index (χ1n) is 9.56. The van der Waals surface area contributed by atoms with E-state index in [1.165, 1.54) is 4.90 Å². The fraction of sp³-hybridized carbons (Fsp3) is 0.409. The second-order valence-electron chi connectivity index (χ2n) is 7.37. The van der Waals surface area contributed by atoms with Gasteiger partial charge in [0.1, 0.15) is 17.5 Å². The SMILES string of the molecule is COc1ccc([C@H]2CCC[NH+]2CC(=O)Nc2c(C)cc(C)cc2Cl)c(OC)c1. The van der Waals surface area contributed by atoms with E-state index in [-0.39, 0.29) is 11.9 Å². The molecule has 1 amide bonds. The number of carbonyl (C=O) groups is 1. The normalized spacial score (nSPS) is 18.8. The highest BCUT2D eigenvalue weighted by Crippen LogP contribution is 2.32. The molecule has 1 fully saturated rings. The van der Waals surface area contributed by atoms with Gasteiger partial charge in [-0.15, -0.1) is 0 Å². The number of likely N-dealkylation sites (tertiary alicyclic amines) is 1. The molecule has 0 aliphatic carbocycles. The van der Waals surface area contributed by atoms with Crippen molar-refractivity contribution in [1.82, 2.24) is 0 Å². The Balaban J connectivity index is 1.75. The first-order valence-corrected chi connectivity index (χ1v) is 9.93. The molecule has 1 aliphatic rings. The van der Waals surface area contributed by atoms with Gasteiger partial charge >= 0.3 is 0 Å². The number of carbonyl (C=O) groups excluding carboxylic acids is 1. The molecule has 28 heavy (non-hydrogen) atoms. The van der Waals surface area contributed by atoms with Crippen molar-refractivity contribution in [3.8, 4) is 11.5 Å². The van der Waals surface area contributed by atoms with Crippen LogP contribution in [-0.2, 0) is 4.79 Å². The summed E-state index contributed by atoms with van der Waals surface area (Å²) >= 11 is 6.34. The molecule has 2 N–H and O–H groups in total. The molecule has 5 nitrogen and oxygen atoms in total. The number of benzene rings is 2. The average molecular weight is 404 g/mol. The van der Waals surface area contributed by atoms with Crippen molar-refractivity contribution in [1.29, 1.82) is 0 Å². The predicted molar refractivity (Wildman–Crippen MR) is 112 cm³/mol. The summed E-state index contributed by atoms with van der Waals surface area (Å²) in [7, 11) is 3.31. The van der Waals surface area contributed by atoms with Crippen LogP contribution in [0.1, 0.15) is 35.6 Å². The van der Waals surface area contributed by atoms with E-state index in [2.05, 4.69) is 5.32 Å². The number of amides is 1. The van der Waals surface area contributed by atoms with Crippen LogP contribution in [0.3, 0.4) is 0 Å². The van der Waals surface area contributed by atoms with E-state index in [4.69, 9.17) is 21.1 Å². The van der Waals surface area contributed by atoms with Gasteiger partial charge in [0.25, 0.3) is 5.91 Å².